The van der Waals surface area contributed by atoms with Crippen molar-refractivity contribution in [1.29, 1.82) is 0 Å². The van der Waals surface area contributed by atoms with E-state index in [-0.39, 0.29) is 29.6 Å². The van der Waals surface area contributed by atoms with Crippen molar-refractivity contribution in [2.24, 2.45) is 0 Å². The van der Waals surface area contributed by atoms with Crippen LogP contribution >= 0.6 is 0 Å². The minimum atomic E-state index is -0.386. The highest BCUT2D eigenvalue weighted by Crippen LogP contribution is 2.39. The quantitative estimate of drug-likeness (QED) is 0.628. The molecule has 2 aromatic rings. The number of nitrogens with zero attached hydrogens (tertiary/aromatic N) is 1. The zero-order valence-corrected chi connectivity index (χ0v) is 19.0. The van der Waals surface area contributed by atoms with E-state index in [0.717, 1.165) is 50.8 Å². The molecule has 0 aromatic heterocycles. The van der Waals surface area contributed by atoms with Crippen molar-refractivity contribution in [3.8, 4) is 0 Å². The van der Waals surface area contributed by atoms with Gasteiger partial charge in [-0.05, 0) is 63.1 Å². The molecule has 0 bridgehead atoms. The zero-order valence-electron chi connectivity index (χ0n) is 19.0. The molecular formula is C27H36N2O3. The number of amides is 1. The van der Waals surface area contributed by atoms with E-state index in [1.54, 1.807) is 0 Å². The monoisotopic (exact) mass is 436 g/mol. The molecule has 1 amide bonds. The Bertz CT molecular complexity index is 878. The Morgan fingerprint density at radius 1 is 0.969 bits per heavy atom. The molecule has 1 saturated heterocycles. The summed E-state index contributed by atoms with van der Waals surface area (Å²) in [6.07, 6.45) is 4.29. The third-order valence-corrected chi connectivity index (χ3v) is 7.54. The molecule has 1 aliphatic carbocycles. The van der Waals surface area contributed by atoms with Crippen LogP contribution in [0.25, 0.3) is 0 Å². The van der Waals surface area contributed by atoms with Crippen LogP contribution < -0.4 is 5.32 Å². The fraction of sp³-hybridized carbons (Fsp3) is 0.519. The number of aryl methyl sites for hydroxylation is 1. The van der Waals surface area contributed by atoms with Gasteiger partial charge in [0.15, 0.2) is 0 Å². The molecular weight excluding hydrogens is 400 g/mol. The first-order chi connectivity index (χ1) is 15.5. The van der Waals surface area contributed by atoms with Gasteiger partial charge in [0, 0.05) is 36.7 Å². The SMILES string of the molecule is Cc1ccc(C(=O)NC[C@@]2(c3ccccc3)CC[C@H](O)[C@@H](N3CCC(O)CC3)CC2)cc1. The van der Waals surface area contributed by atoms with Gasteiger partial charge in [-0.2, -0.15) is 0 Å². The van der Waals surface area contributed by atoms with Gasteiger partial charge in [0.25, 0.3) is 5.91 Å². The fourth-order valence-corrected chi connectivity index (χ4v) is 5.42. The average Bonchev–Trinajstić information content (AvgIpc) is 2.99. The lowest BCUT2D eigenvalue weighted by Crippen LogP contribution is -2.48. The van der Waals surface area contributed by atoms with Crippen LogP contribution in [-0.4, -0.2) is 58.9 Å². The molecule has 5 heteroatoms. The van der Waals surface area contributed by atoms with Crippen molar-refractivity contribution in [3.05, 3.63) is 71.3 Å². The second-order valence-electron chi connectivity index (χ2n) is 9.67. The second-order valence-corrected chi connectivity index (χ2v) is 9.67. The molecule has 2 aromatic carbocycles. The van der Waals surface area contributed by atoms with Crippen LogP contribution in [0.15, 0.2) is 54.6 Å². The van der Waals surface area contributed by atoms with Crippen LogP contribution in [-0.2, 0) is 5.41 Å². The Hall–Kier alpha value is -2.21. The maximum absolute atomic E-state index is 12.9. The van der Waals surface area contributed by atoms with Gasteiger partial charge >= 0.3 is 0 Å². The Kier molecular flexibility index (Phi) is 7.29. The smallest absolute Gasteiger partial charge is 0.251 e. The first-order valence-electron chi connectivity index (χ1n) is 12.0. The first kappa shape index (κ1) is 23.0. The Morgan fingerprint density at radius 3 is 2.31 bits per heavy atom. The summed E-state index contributed by atoms with van der Waals surface area (Å²) in [5, 5.41) is 24.1. The molecule has 3 N–H and O–H groups in total. The summed E-state index contributed by atoms with van der Waals surface area (Å²) >= 11 is 0. The number of aliphatic hydroxyl groups is 2. The molecule has 1 aliphatic heterocycles. The van der Waals surface area contributed by atoms with E-state index in [0.29, 0.717) is 18.5 Å². The molecule has 3 atom stereocenters. The van der Waals surface area contributed by atoms with E-state index in [1.807, 2.05) is 37.3 Å². The largest absolute Gasteiger partial charge is 0.393 e. The molecule has 4 rings (SSSR count). The average molecular weight is 437 g/mol. The van der Waals surface area contributed by atoms with Gasteiger partial charge in [0.2, 0.25) is 0 Å². The van der Waals surface area contributed by atoms with Gasteiger partial charge < -0.3 is 15.5 Å². The Morgan fingerprint density at radius 2 is 1.62 bits per heavy atom. The number of rotatable bonds is 5. The summed E-state index contributed by atoms with van der Waals surface area (Å²) in [4.78, 5) is 15.2. The van der Waals surface area contributed by atoms with E-state index in [9.17, 15) is 15.0 Å². The summed E-state index contributed by atoms with van der Waals surface area (Å²) in [5.74, 6) is -0.0494. The Balaban J connectivity index is 1.51. The van der Waals surface area contributed by atoms with Crippen molar-refractivity contribution in [1.82, 2.24) is 10.2 Å². The lowest BCUT2D eigenvalue weighted by atomic mass is 9.74. The van der Waals surface area contributed by atoms with Gasteiger partial charge in [-0.15, -0.1) is 0 Å². The summed E-state index contributed by atoms with van der Waals surface area (Å²) in [5.41, 5.74) is 2.84. The number of carbonyl (C=O) groups excluding carboxylic acids is 1. The maximum Gasteiger partial charge on any atom is 0.251 e. The summed E-state index contributed by atoms with van der Waals surface area (Å²) < 4.78 is 0. The molecule has 5 nitrogen and oxygen atoms in total. The third kappa shape index (κ3) is 5.22. The molecule has 2 aliphatic rings. The number of hydrogen-bond donors (Lipinski definition) is 3. The zero-order chi connectivity index (χ0) is 22.6. The summed E-state index contributed by atoms with van der Waals surface area (Å²) in [6.45, 7) is 4.25. The summed E-state index contributed by atoms with van der Waals surface area (Å²) in [7, 11) is 0. The van der Waals surface area contributed by atoms with Crippen molar-refractivity contribution < 1.29 is 15.0 Å². The molecule has 0 spiro atoms. The summed E-state index contributed by atoms with van der Waals surface area (Å²) in [6, 6.07) is 18.2. The number of benzene rings is 2. The molecule has 32 heavy (non-hydrogen) atoms. The number of aliphatic hydroxyl groups excluding tert-OH is 2. The highest BCUT2D eigenvalue weighted by molar-refractivity contribution is 5.94. The minimum Gasteiger partial charge on any atom is -0.393 e. The predicted molar refractivity (Wildman–Crippen MR) is 127 cm³/mol. The number of hydrogen-bond acceptors (Lipinski definition) is 4. The Labute approximate surface area is 191 Å². The first-order valence-corrected chi connectivity index (χ1v) is 12.0. The molecule has 1 saturated carbocycles. The van der Waals surface area contributed by atoms with Gasteiger partial charge in [-0.3, -0.25) is 9.69 Å². The predicted octanol–water partition coefficient (Wildman–Crippen LogP) is 3.42. The van der Waals surface area contributed by atoms with Crippen molar-refractivity contribution >= 4 is 5.91 Å². The van der Waals surface area contributed by atoms with E-state index in [2.05, 4.69) is 34.5 Å². The second kappa shape index (κ2) is 10.2. The van der Waals surface area contributed by atoms with Crippen LogP contribution in [0.3, 0.4) is 0 Å². The van der Waals surface area contributed by atoms with Crippen molar-refractivity contribution in [2.75, 3.05) is 19.6 Å². The minimum absolute atomic E-state index is 0.0494. The van der Waals surface area contributed by atoms with Crippen molar-refractivity contribution in [3.63, 3.8) is 0 Å². The van der Waals surface area contributed by atoms with Crippen LogP contribution in [0.2, 0.25) is 0 Å². The van der Waals surface area contributed by atoms with Gasteiger partial charge in [-0.1, -0.05) is 48.0 Å². The standard InChI is InChI=1S/C27H36N2O3/c1-20-7-9-21(10-8-20)26(32)28-19-27(22-5-3-2-4-6-22)15-11-24(25(31)12-16-27)29-17-13-23(30)14-18-29/h2-10,23-25,30-31H,11-19H2,1H3,(H,28,32)/t24-,25-,27-/m0/s1. The lowest BCUT2D eigenvalue weighted by molar-refractivity contribution is 0.00482. The normalized spacial score (nSPS) is 27.6. The highest BCUT2D eigenvalue weighted by Gasteiger charge is 2.40. The van der Waals surface area contributed by atoms with Crippen LogP contribution in [0.1, 0.15) is 60.0 Å². The van der Waals surface area contributed by atoms with Crippen LogP contribution in [0, 0.1) is 6.92 Å². The van der Waals surface area contributed by atoms with Crippen LogP contribution in [0.4, 0.5) is 0 Å². The van der Waals surface area contributed by atoms with E-state index >= 15 is 0 Å². The van der Waals surface area contributed by atoms with Crippen LogP contribution in [0.5, 0.6) is 0 Å². The van der Waals surface area contributed by atoms with Gasteiger partial charge in [0.1, 0.15) is 0 Å². The topological polar surface area (TPSA) is 72.8 Å². The van der Waals surface area contributed by atoms with E-state index < -0.39 is 0 Å². The number of nitrogens with one attached hydrogen (secondary N) is 1. The van der Waals surface area contributed by atoms with E-state index in [4.69, 9.17) is 0 Å². The molecule has 2 fully saturated rings. The van der Waals surface area contributed by atoms with Gasteiger partial charge in [-0.25, -0.2) is 0 Å². The highest BCUT2D eigenvalue weighted by atomic mass is 16.3. The van der Waals surface area contributed by atoms with Gasteiger partial charge in [0.05, 0.1) is 12.2 Å². The number of likely N-dealkylation sites (tertiary alicyclic amines) is 1. The molecule has 1 heterocycles. The fourth-order valence-electron chi connectivity index (χ4n) is 5.42. The maximum atomic E-state index is 12.9. The van der Waals surface area contributed by atoms with E-state index in [1.165, 1.54) is 5.56 Å². The third-order valence-electron chi connectivity index (χ3n) is 7.54. The lowest BCUT2D eigenvalue weighted by Gasteiger charge is -2.38. The number of carbonyl (C=O) groups is 1. The molecule has 0 radical (unpaired) electrons. The number of piperidine rings is 1. The molecule has 0 unspecified atom stereocenters. The van der Waals surface area contributed by atoms with Crippen molar-refractivity contribution in [2.45, 2.75) is 69.1 Å². The molecule has 172 valence electrons.